The summed E-state index contributed by atoms with van der Waals surface area (Å²) >= 11 is 0. The minimum atomic E-state index is -0.537. The fourth-order valence-electron chi connectivity index (χ4n) is 1.79. The van der Waals surface area contributed by atoms with E-state index in [1.807, 2.05) is 32.0 Å². The molecule has 0 aromatic heterocycles. The molecular weight excluding hydrogens is 256 g/mol. The Hall–Kier alpha value is -2.17. The first-order valence-electron chi connectivity index (χ1n) is 6.34. The lowest BCUT2D eigenvalue weighted by molar-refractivity contribution is 0.231. The second kappa shape index (κ2) is 6.84. The number of methoxy groups -OCH3 is 2. The molecule has 110 valence electrons. The van der Waals surface area contributed by atoms with Crippen LogP contribution in [0, 0.1) is 0 Å². The predicted molar refractivity (Wildman–Crippen MR) is 79.3 cm³/mol. The fourth-order valence-corrected chi connectivity index (χ4v) is 1.79. The number of amides is 2. The second-order valence-electron chi connectivity index (χ2n) is 4.82. The third kappa shape index (κ3) is 3.91. The van der Waals surface area contributed by atoms with Crippen LogP contribution in [0.3, 0.4) is 0 Å². The van der Waals surface area contributed by atoms with E-state index in [2.05, 4.69) is 17.2 Å². The van der Waals surface area contributed by atoms with Crippen molar-refractivity contribution in [2.75, 3.05) is 20.8 Å². The molecule has 0 unspecified atom stereocenters. The average molecular weight is 278 g/mol. The predicted octanol–water partition coefficient (Wildman–Crippen LogP) is 2.42. The minimum absolute atomic E-state index is 0.246. The smallest absolute Gasteiger partial charge is 0.315 e. The van der Waals surface area contributed by atoms with Gasteiger partial charge in [0.05, 0.1) is 19.8 Å². The van der Waals surface area contributed by atoms with E-state index in [0.29, 0.717) is 18.0 Å². The van der Waals surface area contributed by atoms with Gasteiger partial charge in [0.15, 0.2) is 11.5 Å². The molecular formula is C15H22N2O3. The molecule has 0 atom stereocenters. The molecule has 1 rings (SSSR count). The van der Waals surface area contributed by atoms with E-state index in [1.165, 1.54) is 0 Å². The van der Waals surface area contributed by atoms with E-state index in [9.17, 15) is 4.79 Å². The van der Waals surface area contributed by atoms with Crippen LogP contribution in [0.4, 0.5) is 4.79 Å². The van der Waals surface area contributed by atoms with E-state index in [-0.39, 0.29) is 6.03 Å². The molecule has 20 heavy (non-hydrogen) atoms. The Labute approximate surface area is 120 Å². The van der Waals surface area contributed by atoms with Gasteiger partial charge in [0.25, 0.3) is 0 Å². The van der Waals surface area contributed by atoms with E-state index >= 15 is 0 Å². The molecule has 5 nitrogen and oxygen atoms in total. The van der Waals surface area contributed by atoms with Crippen molar-refractivity contribution >= 4 is 6.03 Å². The highest BCUT2D eigenvalue weighted by atomic mass is 16.5. The van der Waals surface area contributed by atoms with Gasteiger partial charge in [0, 0.05) is 6.54 Å². The molecule has 2 N–H and O–H groups in total. The Morgan fingerprint density at radius 1 is 1.30 bits per heavy atom. The average Bonchev–Trinajstić information content (AvgIpc) is 2.43. The fraction of sp³-hybridized carbons (Fsp3) is 0.400. The van der Waals surface area contributed by atoms with E-state index in [1.54, 1.807) is 20.3 Å². The number of urea groups is 1. The molecule has 0 bridgehead atoms. The van der Waals surface area contributed by atoms with Gasteiger partial charge in [0.1, 0.15) is 0 Å². The van der Waals surface area contributed by atoms with Gasteiger partial charge in [-0.05, 0) is 31.5 Å². The zero-order chi connectivity index (χ0) is 15.2. The highest BCUT2D eigenvalue weighted by Gasteiger charge is 2.24. The van der Waals surface area contributed by atoms with E-state index in [4.69, 9.17) is 9.47 Å². The molecule has 0 aliphatic heterocycles. The summed E-state index contributed by atoms with van der Waals surface area (Å²) in [6.45, 7) is 7.82. The van der Waals surface area contributed by atoms with Gasteiger partial charge in [-0.15, -0.1) is 6.58 Å². The highest BCUT2D eigenvalue weighted by Crippen LogP contribution is 2.31. The molecule has 0 saturated carbocycles. The maximum atomic E-state index is 11.7. The van der Waals surface area contributed by atoms with Crippen LogP contribution in [0.1, 0.15) is 19.4 Å². The zero-order valence-corrected chi connectivity index (χ0v) is 12.4. The SMILES string of the molecule is C=CCNC(=O)NC(C)(C)c1ccc(OC)c(OC)c1. The van der Waals surface area contributed by atoms with Crippen LogP contribution in [0.25, 0.3) is 0 Å². The third-order valence-electron chi connectivity index (χ3n) is 2.94. The number of hydrogen-bond donors (Lipinski definition) is 2. The largest absolute Gasteiger partial charge is 0.493 e. The monoisotopic (exact) mass is 278 g/mol. The van der Waals surface area contributed by atoms with Crippen molar-refractivity contribution in [3.05, 3.63) is 36.4 Å². The standard InChI is InChI=1S/C15H22N2O3/c1-6-9-16-14(18)17-15(2,3)11-7-8-12(19-4)13(10-11)20-5/h6-8,10H,1,9H2,2-5H3,(H2,16,17,18). The molecule has 0 saturated heterocycles. The van der Waals surface area contributed by atoms with Crippen LogP contribution < -0.4 is 20.1 Å². The number of carbonyl (C=O) groups excluding carboxylic acids is 1. The minimum Gasteiger partial charge on any atom is -0.493 e. The molecule has 0 aliphatic rings. The molecule has 0 aliphatic carbocycles. The van der Waals surface area contributed by atoms with Crippen molar-refractivity contribution in [2.45, 2.75) is 19.4 Å². The Balaban J connectivity index is 2.91. The number of carbonyl (C=O) groups is 1. The molecule has 1 aromatic carbocycles. The van der Waals surface area contributed by atoms with E-state index in [0.717, 1.165) is 5.56 Å². The third-order valence-corrected chi connectivity index (χ3v) is 2.94. The van der Waals surface area contributed by atoms with Gasteiger partial charge in [-0.25, -0.2) is 4.79 Å². The maximum absolute atomic E-state index is 11.7. The molecule has 5 heteroatoms. The van der Waals surface area contributed by atoms with Gasteiger partial charge in [-0.2, -0.15) is 0 Å². The summed E-state index contributed by atoms with van der Waals surface area (Å²) in [7, 11) is 3.17. The van der Waals surface area contributed by atoms with Gasteiger partial charge in [0.2, 0.25) is 0 Å². The Morgan fingerprint density at radius 2 is 1.95 bits per heavy atom. The van der Waals surface area contributed by atoms with Crippen LogP contribution in [0.15, 0.2) is 30.9 Å². The lowest BCUT2D eigenvalue weighted by atomic mass is 9.94. The number of ether oxygens (including phenoxy) is 2. The quantitative estimate of drug-likeness (QED) is 0.786. The van der Waals surface area contributed by atoms with Crippen molar-refractivity contribution < 1.29 is 14.3 Å². The van der Waals surface area contributed by atoms with Crippen molar-refractivity contribution in [2.24, 2.45) is 0 Å². The van der Waals surface area contributed by atoms with Crippen LogP contribution in [0.2, 0.25) is 0 Å². The Bertz CT molecular complexity index is 484. The van der Waals surface area contributed by atoms with Crippen LogP contribution in [-0.4, -0.2) is 26.8 Å². The summed E-state index contributed by atoms with van der Waals surface area (Å²) in [6, 6.07) is 5.32. The topological polar surface area (TPSA) is 59.6 Å². The lowest BCUT2D eigenvalue weighted by Gasteiger charge is -2.27. The molecule has 0 fully saturated rings. The summed E-state index contributed by atoms with van der Waals surface area (Å²) in [6.07, 6.45) is 1.63. The van der Waals surface area contributed by atoms with E-state index < -0.39 is 5.54 Å². The first kappa shape index (κ1) is 15.9. The summed E-state index contributed by atoms with van der Waals surface area (Å²) in [5.74, 6) is 1.29. The number of rotatable bonds is 6. The number of benzene rings is 1. The van der Waals surface area contributed by atoms with Crippen molar-refractivity contribution in [1.29, 1.82) is 0 Å². The second-order valence-corrected chi connectivity index (χ2v) is 4.82. The van der Waals surface area contributed by atoms with Crippen LogP contribution >= 0.6 is 0 Å². The molecule has 0 radical (unpaired) electrons. The lowest BCUT2D eigenvalue weighted by Crippen LogP contribution is -2.46. The van der Waals surface area contributed by atoms with Crippen molar-refractivity contribution in [3.63, 3.8) is 0 Å². The van der Waals surface area contributed by atoms with Crippen molar-refractivity contribution in [3.8, 4) is 11.5 Å². The van der Waals surface area contributed by atoms with Crippen molar-refractivity contribution in [1.82, 2.24) is 10.6 Å². The van der Waals surface area contributed by atoms with Crippen LogP contribution in [-0.2, 0) is 5.54 Å². The maximum Gasteiger partial charge on any atom is 0.315 e. The number of hydrogen-bond acceptors (Lipinski definition) is 3. The number of nitrogens with one attached hydrogen (secondary N) is 2. The molecule has 1 aromatic rings. The first-order chi connectivity index (χ1) is 9.44. The summed E-state index contributed by atoms with van der Waals surface area (Å²) in [4.78, 5) is 11.7. The Morgan fingerprint density at radius 3 is 2.50 bits per heavy atom. The molecule has 2 amide bonds. The van der Waals surface area contributed by atoms with Gasteiger partial charge in [-0.3, -0.25) is 0 Å². The zero-order valence-electron chi connectivity index (χ0n) is 12.4. The van der Waals surface area contributed by atoms with Gasteiger partial charge in [-0.1, -0.05) is 12.1 Å². The van der Waals surface area contributed by atoms with Gasteiger partial charge >= 0.3 is 6.03 Å². The summed E-state index contributed by atoms with van der Waals surface area (Å²) < 4.78 is 10.5. The Kier molecular flexibility index (Phi) is 5.43. The summed E-state index contributed by atoms with van der Waals surface area (Å²) in [5.41, 5.74) is 0.383. The summed E-state index contributed by atoms with van der Waals surface area (Å²) in [5, 5.41) is 5.59. The normalized spacial score (nSPS) is 10.6. The van der Waals surface area contributed by atoms with Crippen LogP contribution in [0.5, 0.6) is 11.5 Å². The molecule has 0 spiro atoms. The highest BCUT2D eigenvalue weighted by molar-refractivity contribution is 5.75. The molecule has 0 heterocycles. The van der Waals surface area contributed by atoms with Gasteiger partial charge < -0.3 is 20.1 Å². The first-order valence-corrected chi connectivity index (χ1v) is 6.34.